The molecule has 0 aliphatic heterocycles. The van der Waals surface area contributed by atoms with Gasteiger partial charge in [-0.2, -0.15) is 0 Å². The lowest BCUT2D eigenvalue weighted by Gasteiger charge is -2.11. The summed E-state index contributed by atoms with van der Waals surface area (Å²) in [6.07, 6.45) is -0.215. The second-order valence-electron chi connectivity index (χ2n) is 3.04. The lowest BCUT2D eigenvalue weighted by molar-refractivity contribution is 0.0120. The van der Waals surface area contributed by atoms with Crippen LogP contribution in [0.5, 0.6) is 0 Å². The molecule has 0 saturated heterocycles. The van der Waals surface area contributed by atoms with Crippen molar-refractivity contribution in [3.8, 4) is 0 Å². The molecule has 0 amide bonds. The van der Waals surface area contributed by atoms with Crippen LogP contribution in [0.25, 0.3) is 0 Å². The Labute approximate surface area is 83.6 Å². The first-order valence-corrected chi connectivity index (χ1v) is 4.49. The Hall–Kier alpha value is -1.35. The van der Waals surface area contributed by atoms with Crippen molar-refractivity contribution < 1.29 is 14.3 Å². The quantitative estimate of drug-likeness (QED) is 0.686. The minimum atomic E-state index is -0.310. The summed E-state index contributed by atoms with van der Waals surface area (Å²) in [5.74, 6) is -0.310. The van der Waals surface area contributed by atoms with Gasteiger partial charge in [-0.05, 0) is 19.1 Å². The minimum absolute atomic E-state index is 0.215. The van der Waals surface area contributed by atoms with Gasteiger partial charge in [0.25, 0.3) is 0 Å². The lowest BCUT2D eigenvalue weighted by atomic mass is 10.2. The van der Waals surface area contributed by atoms with Gasteiger partial charge in [0, 0.05) is 7.11 Å². The number of ether oxygens (including phenoxy) is 2. The fourth-order valence-corrected chi connectivity index (χ4v) is 1.09. The van der Waals surface area contributed by atoms with E-state index in [-0.39, 0.29) is 12.1 Å². The van der Waals surface area contributed by atoms with E-state index in [1.54, 1.807) is 38.3 Å². The smallest absolute Gasteiger partial charge is 0.338 e. The zero-order valence-corrected chi connectivity index (χ0v) is 8.40. The molecule has 1 aromatic rings. The summed E-state index contributed by atoms with van der Waals surface area (Å²) in [7, 11) is 1.58. The van der Waals surface area contributed by atoms with E-state index in [1.165, 1.54) is 0 Å². The molecular formula is C11H14O3. The topological polar surface area (TPSA) is 35.5 Å². The van der Waals surface area contributed by atoms with Crippen molar-refractivity contribution in [2.24, 2.45) is 0 Å². The van der Waals surface area contributed by atoms with Gasteiger partial charge in [0.15, 0.2) is 0 Å². The highest BCUT2D eigenvalue weighted by Crippen LogP contribution is 2.03. The Kier molecular flexibility index (Phi) is 4.13. The molecule has 76 valence electrons. The zero-order valence-electron chi connectivity index (χ0n) is 8.40. The largest absolute Gasteiger partial charge is 0.457 e. The summed E-state index contributed by atoms with van der Waals surface area (Å²) in [6.45, 7) is 2.21. The maximum Gasteiger partial charge on any atom is 0.338 e. The van der Waals surface area contributed by atoms with Gasteiger partial charge >= 0.3 is 5.97 Å². The van der Waals surface area contributed by atoms with Crippen LogP contribution < -0.4 is 0 Å². The molecule has 0 spiro atoms. The molecule has 0 N–H and O–H groups in total. The molecule has 0 saturated carbocycles. The van der Waals surface area contributed by atoms with Crippen molar-refractivity contribution in [2.45, 2.75) is 13.0 Å². The van der Waals surface area contributed by atoms with E-state index in [0.29, 0.717) is 12.2 Å². The maximum atomic E-state index is 11.5. The molecule has 0 bridgehead atoms. The molecule has 14 heavy (non-hydrogen) atoms. The number of methoxy groups -OCH3 is 1. The molecule has 1 unspecified atom stereocenters. The van der Waals surface area contributed by atoms with Crippen LogP contribution in [0.2, 0.25) is 0 Å². The van der Waals surface area contributed by atoms with Crippen LogP contribution in [0.1, 0.15) is 17.3 Å². The molecule has 1 aromatic carbocycles. The van der Waals surface area contributed by atoms with Crippen molar-refractivity contribution in [3.63, 3.8) is 0 Å². The Morgan fingerprint density at radius 1 is 1.36 bits per heavy atom. The molecule has 0 aliphatic carbocycles. The van der Waals surface area contributed by atoms with E-state index >= 15 is 0 Å². The fraction of sp³-hybridized carbons (Fsp3) is 0.364. The standard InChI is InChI=1S/C11H14O3/c1-9(8-13-2)14-11(12)10-6-4-3-5-7-10/h3-7,9H,8H2,1-2H3. The normalized spacial score (nSPS) is 12.1. The van der Waals surface area contributed by atoms with Gasteiger partial charge in [-0.25, -0.2) is 4.79 Å². The van der Waals surface area contributed by atoms with Crippen molar-refractivity contribution in [2.75, 3.05) is 13.7 Å². The van der Waals surface area contributed by atoms with E-state index in [4.69, 9.17) is 9.47 Å². The van der Waals surface area contributed by atoms with Gasteiger partial charge in [-0.1, -0.05) is 18.2 Å². The number of esters is 1. The van der Waals surface area contributed by atoms with E-state index in [2.05, 4.69) is 0 Å². The molecule has 1 rings (SSSR count). The lowest BCUT2D eigenvalue weighted by Crippen LogP contribution is -2.19. The average molecular weight is 194 g/mol. The van der Waals surface area contributed by atoms with Crippen molar-refractivity contribution in [1.82, 2.24) is 0 Å². The Morgan fingerprint density at radius 2 is 2.00 bits per heavy atom. The molecule has 0 aliphatic rings. The highest BCUT2D eigenvalue weighted by Gasteiger charge is 2.10. The molecule has 3 heteroatoms. The van der Waals surface area contributed by atoms with E-state index in [1.807, 2.05) is 6.07 Å². The van der Waals surface area contributed by atoms with Gasteiger partial charge in [-0.3, -0.25) is 0 Å². The summed E-state index contributed by atoms with van der Waals surface area (Å²) in [6, 6.07) is 8.91. The van der Waals surface area contributed by atoms with Crippen molar-refractivity contribution in [1.29, 1.82) is 0 Å². The summed E-state index contributed by atoms with van der Waals surface area (Å²) >= 11 is 0. The predicted molar refractivity (Wildman–Crippen MR) is 53.2 cm³/mol. The highest BCUT2D eigenvalue weighted by molar-refractivity contribution is 5.89. The molecule has 1 atom stereocenters. The predicted octanol–water partition coefficient (Wildman–Crippen LogP) is 1.88. The minimum Gasteiger partial charge on any atom is -0.457 e. The second kappa shape index (κ2) is 5.40. The molecule has 3 nitrogen and oxygen atoms in total. The summed E-state index contributed by atoms with van der Waals surface area (Å²) in [5, 5.41) is 0. The Bertz CT molecular complexity index is 282. The molecular weight excluding hydrogens is 180 g/mol. The van der Waals surface area contributed by atoms with Gasteiger partial charge in [0.05, 0.1) is 12.2 Å². The molecule has 0 heterocycles. The van der Waals surface area contributed by atoms with Crippen molar-refractivity contribution >= 4 is 5.97 Å². The SMILES string of the molecule is COCC(C)OC(=O)c1ccccc1. The third kappa shape index (κ3) is 3.18. The number of benzene rings is 1. The molecule has 0 fully saturated rings. The third-order valence-electron chi connectivity index (χ3n) is 1.72. The molecule has 0 radical (unpaired) electrons. The van der Waals surface area contributed by atoms with Crippen LogP contribution in [0, 0.1) is 0 Å². The third-order valence-corrected chi connectivity index (χ3v) is 1.72. The van der Waals surface area contributed by atoms with Crippen LogP contribution in [0.4, 0.5) is 0 Å². The molecule has 0 aromatic heterocycles. The monoisotopic (exact) mass is 194 g/mol. The average Bonchev–Trinajstić information content (AvgIpc) is 2.19. The number of rotatable bonds is 4. The van der Waals surface area contributed by atoms with E-state index < -0.39 is 0 Å². The number of carbonyl (C=O) groups excluding carboxylic acids is 1. The number of hydrogen-bond donors (Lipinski definition) is 0. The second-order valence-corrected chi connectivity index (χ2v) is 3.04. The summed E-state index contributed by atoms with van der Waals surface area (Å²) in [5.41, 5.74) is 0.565. The maximum absolute atomic E-state index is 11.5. The van der Waals surface area contributed by atoms with Gasteiger partial charge < -0.3 is 9.47 Å². The Morgan fingerprint density at radius 3 is 2.57 bits per heavy atom. The van der Waals surface area contributed by atoms with E-state index in [9.17, 15) is 4.79 Å². The Balaban J connectivity index is 2.51. The highest BCUT2D eigenvalue weighted by atomic mass is 16.6. The van der Waals surface area contributed by atoms with Crippen LogP contribution in [-0.4, -0.2) is 25.8 Å². The van der Waals surface area contributed by atoms with Crippen molar-refractivity contribution in [3.05, 3.63) is 35.9 Å². The van der Waals surface area contributed by atoms with Gasteiger partial charge in [0.1, 0.15) is 6.10 Å². The van der Waals surface area contributed by atoms with E-state index in [0.717, 1.165) is 0 Å². The van der Waals surface area contributed by atoms with Gasteiger partial charge in [-0.15, -0.1) is 0 Å². The van der Waals surface area contributed by atoms with Crippen LogP contribution in [0.15, 0.2) is 30.3 Å². The fourth-order valence-electron chi connectivity index (χ4n) is 1.09. The van der Waals surface area contributed by atoms with Gasteiger partial charge in [0.2, 0.25) is 0 Å². The zero-order chi connectivity index (χ0) is 10.4. The van der Waals surface area contributed by atoms with Crippen LogP contribution in [0.3, 0.4) is 0 Å². The first kappa shape index (κ1) is 10.7. The summed E-state index contributed by atoms with van der Waals surface area (Å²) < 4.78 is 9.98. The first-order chi connectivity index (χ1) is 6.74. The first-order valence-electron chi connectivity index (χ1n) is 4.49. The number of carbonyl (C=O) groups is 1. The summed E-state index contributed by atoms with van der Waals surface area (Å²) in [4.78, 5) is 11.5. The number of hydrogen-bond acceptors (Lipinski definition) is 3. The van der Waals surface area contributed by atoms with Crippen LogP contribution in [-0.2, 0) is 9.47 Å². The van der Waals surface area contributed by atoms with Crippen LogP contribution >= 0.6 is 0 Å².